The van der Waals surface area contributed by atoms with Crippen LogP contribution in [-0.4, -0.2) is 12.0 Å². The molecule has 0 N–H and O–H groups in total. The summed E-state index contributed by atoms with van der Waals surface area (Å²) in [5.41, 5.74) is -1.13. The SMILES string of the molecule is [2H]C([2H])([2H])Oc1cnc(C(F)(F)F)cc1Br. The van der Waals surface area contributed by atoms with Gasteiger partial charge in [0.05, 0.1) is 21.8 Å². The van der Waals surface area contributed by atoms with E-state index in [1.54, 1.807) is 0 Å². The highest BCUT2D eigenvalue weighted by Gasteiger charge is 2.32. The van der Waals surface area contributed by atoms with Crippen molar-refractivity contribution in [2.45, 2.75) is 6.18 Å². The van der Waals surface area contributed by atoms with Gasteiger partial charge in [-0.15, -0.1) is 0 Å². The highest BCUT2D eigenvalue weighted by molar-refractivity contribution is 9.10. The van der Waals surface area contributed by atoms with Crippen molar-refractivity contribution < 1.29 is 22.0 Å². The van der Waals surface area contributed by atoms with E-state index in [0.29, 0.717) is 12.3 Å². The number of methoxy groups -OCH3 is 1. The second-order valence-electron chi connectivity index (χ2n) is 2.10. The van der Waals surface area contributed by atoms with E-state index in [9.17, 15) is 13.2 Å². The lowest BCUT2D eigenvalue weighted by Gasteiger charge is -2.07. The smallest absolute Gasteiger partial charge is 0.433 e. The third kappa shape index (κ3) is 2.33. The van der Waals surface area contributed by atoms with Crippen LogP contribution in [0.15, 0.2) is 16.7 Å². The summed E-state index contributed by atoms with van der Waals surface area (Å²) in [6, 6.07) is 0.654. The molecular formula is C7H5BrF3NO. The second kappa shape index (κ2) is 3.53. The maximum absolute atomic E-state index is 12.2. The van der Waals surface area contributed by atoms with E-state index in [1.165, 1.54) is 0 Å². The molecule has 0 bridgehead atoms. The fourth-order valence-corrected chi connectivity index (χ4v) is 1.05. The van der Waals surface area contributed by atoms with Crippen molar-refractivity contribution in [2.75, 3.05) is 7.04 Å². The normalized spacial score (nSPS) is 15.8. The number of alkyl halides is 3. The number of rotatable bonds is 1. The molecule has 1 aromatic heterocycles. The van der Waals surface area contributed by atoms with E-state index in [2.05, 4.69) is 25.7 Å². The quantitative estimate of drug-likeness (QED) is 0.773. The number of pyridine rings is 1. The van der Waals surface area contributed by atoms with Crippen LogP contribution in [0.25, 0.3) is 0 Å². The zero-order valence-corrected chi connectivity index (χ0v) is 7.61. The molecule has 0 aromatic carbocycles. The van der Waals surface area contributed by atoms with Gasteiger partial charge in [-0.3, -0.25) is 0 Å². The first-order chi connectivity index (χ1) is 7.09. The molecule has 0 aliphatic heterocycles. The largest absolute Gasteiger partial charge is 0.494 e. The molecule has 2 nitrogen and oxygen atoms in total. The Kier molecular flexibility index (Phi) is 1.80. The minimum absolute atomic E-state index is 0.119. The van der Waals surface area contributed by atoms with Crippen LogP contribution < -0.4 is 4.74 Å². The molecule has 0 amide bonds. The van der Waals surface area contributed by atoms with Gasteiger partial charge in [0.2, 0.25) is 0 Å². The average Bonchev–Trinajstić information content (AvgIpc) is 2.04. The molecule has 1 aromatic rings. The molecular weight excluding hydrogens is 251 g/mol. The van der Waals surface area contributed by atoms with Crippen molar-refractivity contribution in [1.29, 1.82) is 0 Å². The Balaban J connectivity index is 3.01. The lowest BCUT2D eigenvalue weighted by Crippen LogP contribution is -2.07. The van der Waals surface area contributed by atoms with Gasteiger partial charge in [-0.05, 0) is 22.0 Å². The minimum atomic E-state index is -4.58. The molecule has 0 aliphatic rings. The van der Waals surface area contributed by atoms with E-state index < -0.39 is 18.9 Å². The van der Waals surface area contributed by atoms with Crippen molar-refractivity contribution >= 4 is 15.9 Å². The van der Waals surface area contributed by atoms with Crippen LogP contribution >= 0.6 is 15.9 Å². The predicted octanol–water partition coefficient (Wildman–Crippen LogP) is 2.87. The summed E-state index contributed by atoms with van der Waals surface area (Å²) >= 11 is 2.78. The fraction of sp³-hybridized carbons (Fsp3) is 0.286. The number of halogens is 4. The summed E-state index contributed by atoms with van der Waals surface area (Å²) in [4.78, 5) is 3.06. The molecule has 0 aliphatic carbocycles. The Morgan fingerprint density at radius 1 is 1.62 bits per heavy atom. The number of aromatic nitrogens is 1. The second-order valence-corrected chi connectivity index (χ2v) is 2.95. The Bertz CT molecular complexity index is 393. The lowest BCUT2D eigenvalue weighted by molar-refractivity contribution is -0.141. The van der Waals surface area contributed by atoms with Gasteiger partial charge in [-0.2, -0.15) is 13.2 Å². The van der Waals surface area contributed by atoms with Crippen LogP contribution in [0.3, 0.4) is 0 Å². The summed E-state index contributed by atoms with van der Waals surface area (Å²) in [7, 11) is -2.73. The van der Waals surface area contributed by atoms with Gasteiger partial charge >= 0.3 is 6.18 Å². The zero-order chi connectivity index (χ0) is 12.6. The van der Waals surface area contributed by atoms with Crippen LogP contribution in [0.4, 0.5) is 13.2 Å². The predicted molar refractivity (Wildman–Crippen MR) is 43.5 cm³/mol. The topological polar surface area (TPSA) is 22.1 Å². The van der Waals surface area contributed by atoms with Crippen molar-refractivity contribution in [3.8, 4) is 5.75 Å². The third-order valence-corrected chi connectivity index (χ3v) is 1.84. The number of nitrogens with zero attached hydrogens (tertiary/aromatic N) is 1. The van der Waals surface area contributed by atoms with Crippen LogP contribution in [-0.2, 0) is 6.18 Å². The fourth-order valence-electron chi connectivity index (χ4n) is 0.648. The molecule has 13 heavy (non-hydrogen) atoms. The molecule has 6 heteroatoms. The summed E-state index contributed by atoms with van der Waals surface area (Å²) in [6.45, 7) is 0. The summed E-state index contributed by atoms with van der Waals surface area (Å²) < 4.78 is 61.3. The van der Waals surface area contributed by atoms with E-state index in [-0.39, 0.29) is 10.2 Å². The standard InChI is InChI=1S/C7H5BrF3NO/c1-13-5-3-12-6(2-4(5)8)7(9,10)11/h2-3H,1H3/i1D3. The van der Waals surface area contributed by atoms with Crippen LogP contribution in [0, 0.1) is 0 Å². The molecule has 0 spiro atoms. The first-order valence-corrected chi connectivity index (χ1v) is 3.81. The Labute approximate surface area is 85.1 Å². The first kappa shape index (κ1) is 6.64. The maximum Gasteiger partial charge on any atom is 0.433 e. The van der Waals surface area contributed by atoms with E-state index in [0.717, 1.165) is 0 Å². The zero-order valence-electron chi connectivity index (χ0n) is 9.02. The maximum atomic E-state index is 12.2. The van der Waals surface area contributed by atoms with Gasteiger partial charge in [0, 0.05) is 0 Å². The van der Waals surface area contributed by atoms with E-state index in [1.807, 2.05) is 0 Å². The van der Waals surface area contributed by atoms with Gasteiger partial charge in [-0.25, -0.2) is 4.98 Å². The molecule has 1 heterocycles. The van der Waals surface area contributed by atoms with Gasteiger partial charge in [0.15, 0.2) is 5.75 Å². The number of hydrogen-bond acceptors (Lipinski definition) is 2. The first-order valence-electron chi connectivity index (χ1n) is 4.51. The summed E-state index contributed by atoms with van der Waals surface area (Å²) in [6.07, 6.45) is -3.87. The van der Waals surface area contributed by atoms with E-state index >= 15 is 0 Å². The van der Waals surface area contributed by atoms with Crippen molar-refractivity contribution in [3.05, 3.63) is 22.4 Å². The summed E-state index contributed by atoms with van der Waals surface area (Å²) in [5, 5.41) is 0. The molecule has 0 radical (unpaired) electrons. The van der Waals surface area contributed by atoms with Crippen molar-refractivity contribution in [2.24, 2.45) is 0 Å². The number of ether oxygens (including phenoxy) is 1. The van der Waals surface area contributed by atoms with Crippen molar-refractivity contribution in [1.82, 2.24) is 4.98 Å². The van der Waals surface area contributed by atoms with E-state index in [4.69, 9.17) is 4.11 Å². The Morgan fingerprint density at radius 3 is 2.77 bits per heavy atom. The van der Waals surface area contributed by atoms with Crippen LogP contribution in [0.1, 0.15) is 9.81 Å². The monoisotopic (exact) mass is 258 g/mol. The van der Waals surface area contributed by atoms with Crippen LogP contribution in [0.5, 0.6) is 5.75 Å². The highest BCUT2D eigenvalue weighted by atomic mass is 79.9. The van der Waals surface area contributed by atoms with Gasteiger partial charge < -0.3 is 4.74 Å². The molecule has 0 saturated carbocycles. The van der Waals surface area contributed by atoms with Gasteiger partial charge in [0.25, 0.3) is 0 Å². The van der Waals surface area contributed by atoms with Gasteiger partial charge in [0.1, 0.15) is 5.69 Å². The Hall–Kier alpha value is -0.780. The summed E-state index contributed by atoms with van der Waals surface area (Å²) in [5.74, 6) is -0.270. The molecule has 1 rings (SSSR count). The van der Waals surface area contributed by atoms with Crippen molar-refractivity contribution in [3.63, 3.8) is 0 Å². The molecule has 0 saturated heterocycles. The molecule has 0 atom stereocenters. The Morgan fingerprint density at radius 2 is 2.31 bits per heavy atom. The average molecular weight is 259 g/mol. The lowest BCUT2D eigenvalue weighted by atomic mass is 10.3. The number of hydrogen-bond donors (Lipinski definition) is 0. The van der Waals surface area contributed by atoms with Crippen LogP contribution in [0.2, 0.25) is 0 Å². The van der Waals surface area contributed by atoms with Gasteiger partial charge in [-0.1, -0.05) is 0 Å². The molecule has 72 valence electrons. The highest BCUT2D eigenvalue weighted by Crippen LogP contribution is 2.32. The minimum Gasteiger partial charge on any atom is -0.494 e. The molecule has 0 fully saturated rings. The third-order valence-electron chi connectivity index (χ3n) is 1.22. The molecule has 0 unspecified atom stereocenters.